The summed E-state index contributed by atoms with van der Waals surface area (Å²) in [4.78, 5) is 10.4. The number of nitrogens with zero attached hydrogens (tertiary/aromatic N) is 3. The summed E-state index contributed by atoms with van der Waals surface area (Å²) in [6.45, 7) is 0. The predicted octanol–water partition coefficient (Wildman–Crippen LogP) is 9.51. The van der Waals surface area contributed by atoms with Crippen LogP contribution < -0.4 is 0 Å². The number of hydrogen-bond donors (Lipinski definition) is 0. The van der Waals surface area contributed by atoms with Gasteiger partial charge in [0.25, 0.3) is 0 Å². The highest BCUT2D eigenvalue weighted by molar-refractivity contribution is 7.25. The Morgan fingerprint density at radius 1 is 0.564 bits per heavy atom. The first kappa shape index (κ1) is 21.0. The van der Waals surface area contributed by atoms with Gasteiger partial charge in [0.1, 0.15) is 16.8 Å². The first-order valence-corrected chi connectivity index (χ1v) is 13.7. The first-order chi connectivity index (χ1) is 19.3. The van der Waals surface area contributed by atoms with Gasteiger partial charge in [-0.2, -0.15) is 0 Å². The van der Waals surface area contributed by atoms with Crippen LogP contribution in [0.25, 0.3) is 81.3 Å². The molecule has 0 atom stereocenters. The maximum Gasteiger partial charge on any atom is 0.236 e. The maximum absolute atomic E-state index is 6.58. The second kappa shape index (κ2) is 7.76. The molecule has 0 saturated carbocycles. The summed E-state index contributed by atoms with van der Waals surface area (Å²) in [6, 6.07) is 40.1. The van der Waals surface area contributed by atoms with Gasteiger partial charge < -0.3 is 4.42 Å². The molecule has 0 saturated heterocycles. The van der Waals surface area contributed by atoms with Crippen LogP contribution in [0.3, 0.4) is 0 Å². The van der Waals surface area contributed by atoms with Crippen molar-refractivity contribution in [3.05, 3.63) is 115 Å². The maximum atomic E-state index is 6.58. The van der Waals surface area contributed by atoms with Crippen LogP contribution in [0.1, 0.15) is 0 Å². The zero-order valence-electron chi connectivity index (χ0n) is 20.6. The minimum absolute atomic E-state index is 0.637. The van der Waals surface area contributed by atoms with Crippen molar-refractivity contribution >= 4 is 75.4 Å². The summed E-state index contributed by atoms with van der Waals surface area (Å²) in [7, 11) is 0. The Morgan fingerprint density at radius 3 is 2.00 bits per heavy atom. The first-order valence-electron chi connectivity index (χ1n) is 12.9. The van der Waals surface area contributed by atoms with Crippen molar-refractivity contribution in [2.24, 2.45) is 0 Å². The van der Waals surface area contributed by atoms with Gasteiger partial charge in [-0.15, -0.1) is 11.3 Å². The van der Waals surface area contributed by atoms with Crippen molar-refractivity contribution in [3.63, 3.8) is 0 Å². The van der Waals surface area contributed by atoms with E-state index in [2.05, 4.69) is 102 Å². The van der Waals surface area contributed by atoms with Crippen LogP contribution in [-0.4, -0.2) is 14.5 Å². The SMILES string of the molecule is c1ccc(-c2nc(-n3c4ccccc4c4ccccc43)nc3c2oc2cc4c(cc23)sc2ccccc24)cc1. The number of benzene rings is 5. The number of thiophene rings is 1. The highest BCUT2D eigenvalue weighted by Gasteiger charge is 2.21. The van der Waals surface area contributed by atoms with Crippen molar-refractivity contribution in [2.75, 3.05) is 0 Å². The predicted molar refractivity (Wildman–Crippen MR) is 162 cm³/mol. The van der Waals surface area contributed by atoms with Crippen LogP contribution in [-0.2, 0) is 0 Å². The second-order valence-electron chi connectivity index (χ2n) is 9.83. The molecule has 0 amide bonds. The fourth-order valence-electron chi connectivity index (χ4n) is 5.88. The molecular weight excluding hydrogens is 498 g/mol. The molecule has 4 nitrogen and oxygen atoms in total. The Hall–Kier alpha value is -5.00. The Morgan fingerprint density at radius 2 is 1.23 bits per heavy atom. The highest BCUT2D eigenvalue weighted by atomic mass is 32.1. The van der Waals surface area contributed by atoms with Crippen molar-refractivity contribution < 1.29 is 4.42 Å². The van der Waals surface area contributed by atoms with Gasteiger partial charge >= 0.3 is 0 Å². The van der Waals surface area contributed by atoms with Crippen molar-refractivity contribution in [3.8, 4) is 17.2 Å². The fraction of sp³-hybridized carbons (Fsp3) is 0. The van der Waals surface area contributed by atoms with E-state index >= 15 is 0 Å². The number of aromatic nitrogens is 3. The van der Waals surface area contributed by atoms with Gasteiger partial charge in [0.05, 0.1) is 11.0 Å². The van der Waals surface area contributed by atoms with Crippen LogP contribution in [0, 0.1) is 0 Å². The van der Waals surface area contributed by atoms with Crippen LogP contribution in [0.5, 0.6) is 0 Å². The molecule has 0 bridgehead atoms. The summed E-state index contributed by atoms with van der Waals surface area (Å²) < 4.78 is 11.3. The summed E-state index contributed by atoms with van der Waals surface area (Å²) in [5.41, 5.74) is 6.32. The molecule has 5 aromatic carbocycles. The second-order valence-corrected chi connectivity index (χ2v) is 10.9. The quantitative estimate of drug-likeness (QED) is 0.229. The molecule has 182 valence electrons. The summed E-state index contributed by atoms with van der Waals surface area (Å²) >= 11 is 1.80. The minimum atomic E-state index is 0.637. The number of fused-ring (bicyclic) bond motifs is 9. The molecule has 9 rings (SSSR count). The third-order valence-corrected chi connectivity index (χ3v) is 8.76. The third kappa shape index (κ3) is 2.93. The molecule has 0 radical (unpaired) electrons. The Kier molecular flexibility index (Phi) is 4.18. The van der Waals surface area contributed by atoms with Gasteiger partial charge in [0, 0.05) is 41.9 Å². The molecule has 0 aliphatic heterocycles. The topological polar surface area (TPSA) is 43.9 Å². The molecule has 0 N–H and O–H groups in total. The van der Waals surface area contributed by atoms with E-state index in [-0.39, 0.29) is 0 Å². The van der Waals surface area contributed by atoms with Crippen molar-refractivity contribution in [2.45, 2.75) is 0 Å². The van der Waals surface area contributed by atoms with Crippen LogP contribution in [0.15, 0.2) is 120 Å². The lowest BCUT2D eigenvalue weighted by Crippen LogP contribution is -2.02. The van der Waals surface area contributed by atoms with E-state index in [0.29, 0.717) is 11.5 Å². The molecule has 4 aromatic heterocycles. The number of rotatable bonds is 2. The standard InChI is InChI=1S/C34H19N3OS/c1-2-10-20(11-3-1)31-33-32(25-19-30-24(18-28(25)38-33)23-14-6-9-17-29(23)39-30)36-34(35-31)37-26-15-7-4-12-21(26)22-13-5-8-16-27(22)37/h1-19H. The average molecular weight is 518 g/mol. The molecule has 0 aliphatic rings. The lowest BCUT2D eigenvalue weighted by atomic mass is 10.1. The summed E-state index contributed by atoms with van der Waals surface area (Å²) in [5.74, 6) is 0.637. The molecule has 4 heterocycles. The van der Waals surface area contributed by atoms with E-state index in [1.54, 1.807) is 11.3 Å². The van der Waals surface area contributed by atoms with E-state index in [1.807, 2.05) is 18.2 Å². The lowest BCUT2D eigenvalue weighted by molar-refractivity contribution is 0.667. The van der Waals surface area contributed by atoms with E-state index in [9.17, 15) is 0 Å². The molecule has 9 aromatic rings. The van der Waals surface area contributed by atoms with E-state index in [0.717, 1.165) is 38.8 Å². The fourth-order valence-corrected chi connectivity index (χ4v) is 7.01. The van der Waals surface area contributed by atoms with E-state index < -0.39 is 0 Å². The molecule has 0 spiro atoms. The largest absolute Gasteiger partial charge is 0.452 e. The van der Waals surface area contributed by atoms with Crippen LogP contribution >= 0.6 is 11.3 Å². The molecule has 5 heteroatoms. The normalized spacial score (nSPS) is 12.1. The smallest absolute Gasteiger partial charge is 0.236 e. The molecule has 39 heavy (non-hydrogen) atoms. The third-order valence-electron chi connectivity index (χ3n) is 7.63. The highest BCUT2D eigenvalue weighted by Crippen LogP contribution is 2.41. The van der Waals surface area contributed by atoms with E-state index in [1.165, 1.54) is 30.9 Å². The summed E-state index contributed by atoms with van der Waals surface area (Å²) in [5, 5.41) is 5.83. The minimum Gasteiger partial charge on any atom is -0.452 e. The van der Waals surface area contributed by atoms with Gasteiger partial charge in [0.2, 0.25) is 5.95 Å². The number of para-hydroxylation sites is 2. The van der Waals surface area contributed by atoms with Crippen LogP contribution in [0.4, 0.5) is 0 Å². The average Bonchev–Trinajstić information content (AvgIpc) is 3.65. The Labute approximate surface area is 226 Å². The number of furan rings is 1. The monoisotopic (exact) mass is 517 g/mol. The summed E-state index contributed by atoms with van der Waals surface area (Å²) in [6.07, 6.45) is 0. The molecule has 0 unspecified atom stereocenters. The van der Waals surface area contributed by atoms with Gasteiger partial charge in [-0.1, -0.05) is 84.9 Å². The molecular formula is C34H19N3OS. The molecule has 0 fully saturated rings. The Balaban J connectivity index is 1.44. The van der Waals surface area contributed by atoms with Gasteiger partial charge in [-0.05, 0) is 30.3 Å². The zero-order chi connectivity index (χ0) is 25.5. The Bertz CT molecular complexity index is 2340. The molecule has 0 aliphatic carbocycles. The van der Waals surface area contributed by atoms with Gasteiger partial charge in [-0.3, -0.25) is 4.57 Å². The van der Waals surface area contributed by atoms with Crippen molar-refractivity contribution in [1.29, 1.82) is 0 Å². The number of hydrogen-bond acceptors (Lipinski definition) is 4. The lowest BCUT2D eigenvalue weighted by Gasteiger charge is -2.09. The van der Waals surface area contributed by atoms with Gasteiger partial charge in [0.15, 0.2) is 5.58 Å². The van der Waals surface area contributed by atoms with Crippen LogP contribution in [0.2, 0.25) is 0 Å². The van der Waals surface area contributed by atoms with E-state index in [4.69, 9.17) is 14.4 Å². The van der Waals surface area contributed by atoms with Gasteiger partial charge in [-0.25, -0.2) is 9.97 Å². The zero-order valence-corrected chi connectivity index (χ0v) is 21.4. The van der Waals surface area contributed by atoms with Crippen molar-refractivity contribution in [1.82, 2.24) is 14.5 Å².